The average molecular weight is 889 g/mol. The second-order valence-electron chi connectivity index (χ2n) is 18.4. The second kappa shape index (κ2) is 34.6. The zero-order chi connectivity index (χ0) is 46.0. The van der Waals surface area contributed by atoms with E-state index in [1.807, 2.05) is 48.5 Å². The molecule has 2 aromatic rings. The van der Waals surface area contributed by atoms with Crippen LogP contribution >= 0.6 is 0 Å². The lowest BCUT2D eigenvalue weighted by Gasteiger charge is -2.34. The molecule has 3 rings (SSSR count). The fraction of sp³-hybridized carbons (Fsp3) is 0.704. The molecule has 1 heterocycles. The zero-order valence-electron chi connectivity index (χ0n) is 40.7. The molecule has 2 N–H and O–H groups in total. The summed E-state index contributed by atoms with van der Waals surface area (Å²) in [5, 5.41) is 6.15. The number of ether oxygens (including phenoxy) is 2. The Kier molecular flexibility index (Phi) is 29.5. The fourth-order valence-electron chi connectivity index (χ4n) is 8.57. The number of nitrogens with one attached hydrogen (secondary N) is 2. The van der Waals surface area contributed by atoms with Crippen molar-refractivity contribution in [2.45, 2.75) is 182 Å². The Balaban J connectivity index is 1.24. The van der Waals surface area contributed by atoms with Crippen molar-refractivity contribution in [3.8, 4) is 11.5 Å². The molecule has 0 unspecified atom stereocenters. The highest BCUT2D eigenvalue weighted by atomic mass is 16.5. The van der Waals surface area contributed by atoms with Crippen molar-refractivity contribution >= 4 is 23.8 Å². The molecule has 2 aromatic carbocycles. The number of carbonyl (C=O) groups is 4. The van der Waals surface area contributed by atoms with Gasteiger partial charge in [-0.05, 0) is 87.0 Å². The van der Waals surface area contributed by atoms with E-state index in [1.165, 1.54) is 51.4 Å². The van der Waals surface area contributed by atoms with Crippen LogP contribution in [0.25, 0.3) is 0 Å². The first kappa shape index (κ1) is 54.6. The lowest BCUT2D eigenvalue weighted by molar-refractivity contribution is -0.140. The second-order valence-corrected chi connectivity index (χ2v) is 18.4. The molecule has 10 nitrogen and oxygen atoms in total. The topological polar surface area (TPSA) is 117 Å². The number of amides is 2. The zero-order valence-corrected chi connectivity index (χ0v) is 40.7. The van der Waals surface area contributed by atoms with Crippen LogP contribution in [-0.2, 0) is 32.0 Å². The highest BCUT2D eigenvalue weighted by Crippen LogP contribution is 2.24. The average Bonchev–Trinajstić information content (AvgIpc) is 3.30. The molecule has 1 aliphatic rings. The summed E-state index contributed by atoms with van der Waals surface area (Å²) in [5.74, 6) is 0.758. The quantitative estimate of drug-likeness (QED) is 0.0395. The van der Waals surface area contributed by atoms with Gasteiger partial charge in [0.15, 0.2) is 0 Å². The van der Waals surface area contributed by atoms with E-state index in [0.29, 0.717) is 37.4 Å². The number of piperazine rings is 1. The fourth-order valence-corrected chi connectivity index (χ4v) is 8.57. The number of hydrogen-bond acceptors (Lipinski definition) is 8. The predicted octanol–water partition coefficient (Wildman–Crippen LogP) is 11.0. The molecule has 2 amide bonds. The van der Waals surface area contributed by atoms with Gasteiger partial charge >= 0.3 is 11.9 Å². The summed E-state index contributed by atoms with van der Waals surface area (Å²) in [6.07, 6.45) is 24.5. The number of nitrogens with zero attached hydrogens (tertiary/aromatic N) is 2. The van der Waals surface area contributed by atoms with Crippen molar-refractivity contribution in [2.24, 2.45) is 11.8 Å². The molecule has 0 aromatic heterocycles. The molecule has 1 saturated heterocycles. The lowest BCUT2D eigenvalue weighted by atomic mass is 9.94. The van der Waals surface area contributed by atoms with Crippen LogP contribution in [0.5, 0.6) is 11.5 Å². The van der Waals surface area contributed by atoms with Crippen molar-refractivity contribution in [3.63, 3.8) is 0 Å². The van der Waals surface area contributed by atoms with Crippen molar-refractivity contribution < 1.29 is 28.7 Å². The van der Waals surface area contributed by atoms with Gasteiger partial charge in [0, 0.05) is 39.3 Å². The summed E-state index contributed by atoms with van der Waals surface area (Å²) in [6, 6.07) is 14.8. The number of unbranched alkanes of at least 4 members (excludes halogenated alkanes) is 12. The van der Waals surface area contributed by atoms with Gasteiger partial charge in [-0.3, -0.25) is 19.2 Å². The molecule has 64 heavy (non-hydrogen) atoms. The molecular formula is C54H88N4O6. The third-order valence-electron chi connectivity index (χ3n) is 12.7. The lowest BCUT2D eigenvalue weighted by Crippen LogP contribution is -2.47. The molecule has 10 heteroatoms. The van der Waals surface area contributed by atoms with Crippen LogP contribution in [0, 0.1) is 11.8 Å². The van der Waals surface area contributed by atoms with Gasteiger partial charge in [-0.15, -0.1) is 0 Å². The Hall–Kier alpha value is -3.76. The van der Waals surface area contributed by atoms with E-state index in [4.69, 9.17) is 9.47 Å². The SMILES string of the molecule is CCCCCCC(CCCCCC)C(=O)Oc1ccc(CC(=O)NCCCN2CCN(CCCNC(=O)Cc3ccc(OC(=O)C(CCCCCC)CCCCCC)cc3)CC2)cc1. The van der Waals surface area contributed by atoms with Gasteiger partial charge < -0.3 is 29.9 Å². The molecule has 0 spiro atoms. The summed E-state index contributed by atoms with van der Waals surface area (Å²) in [5.41, 5.74) is 1.80. The summed E-state index contributed by atoms with van der Waals surface area (Å²) in [6.45, 7) is 16.0. The summed E-state index contributed by atoms with van der Waals surface area (Å²) in [7, 11) is 0. The van der Waals surface area contributed by atoms with E-state index in [-0.39, 0.29) is 35.6 Å². The third-order valence-corrected chi connectivity index (χ3v) is 12.7. The minimum atomic E-state index is -0.123. The van der Waals surface area contributed by atoms with Crippen molar-refractivity contribution in [1.82, 2.24) is 20.4 Å². The normalized spacial score (nSPS) is 13.3. The van der Waals surface area contributed by atoms with E-state index in [2.05, 4.69) is 48.1 Å². The van der Waals surface area contributed by atoms with Gasteiger partial charge in [-0.2, -0.15) is 0 Å². The molecule has 1 fully saturated rings. The number of esters is 2. The Morgan fingerprint density at radius 3 is 1.06 bits per heavy atom. The molecule has 360 valence electrons. The number of benzene rings is 2. The first-order chi connectivity index (χ1) is 31.2. The van der Waals surface area contributed by atoms with Crippen LogP contribution < -0.4 is 20.1 Å². The Labute approximate surface area is 388 Å². The van der Waals surface area contributed by atoms with E-state index >= 15 is 0 Å². The molecule has 1 aliphatic heterocycles. The minimum absolute atomic E-state index is 0.00141. The standard InChI is InChI=1S/C54H88N4O6/c1-5-9-13-17-23-47(24-18-14-10-6-2)53(61)63-49-31-27-45(28-32-49)43-51(59)55-35-21-37-57-39-41-58(42-40-57)38-22-36-56-52(60)44-46-29-33-50(34-30-46)64-54(62)48(25-19-15-11-7-3)26-20-16-12-8-4/h27-34,47-48H,5-26,35-44H2,1-4H3,(H,55,59)(H,56,60). The van der Waals surface area contributed by atoms with Gasteiger partial charge in [0.1, 0.15) is 11.5 Å². The van der Waals surface area contributed by atoms with Crippen LogP contribution in [0.1, 0.15) is 180 Å². The number of hydrogen-bond donors (Lipinski definition) is 2. The van der Waals surface area contributed by atoms with Crippen LogP contribution in [0.4, 0.5) is 0 Å². The Morgan fingerprint density at radius 2 is 0.766 bits per heavy atom. The van der Waals surface area contributed by atoms with E-state index < -0.39 is 0 Å². The van der Waals surface area contributed by atoms with Crippen LogP contribution in [0.15, 0.2) is 48.5 Å². The summed E-state index contributed by atoms with van der Waals surface area (Å²) < 4.78 is 11.6. The maximum Gasteiger partial charge on any atom is 0.314 e. The van der Waals surface area contributed by atoms with Crippen molar-refractivity contribution in [3.05, 3.63) is 59.7 Å². The predicted molar refractivity (Wildman–Crippen MR) is 262 cm³/mol. The Bertz CT molecular complexity index is 1400. The van der Waals surface area contributed by atoms with Gasteiger partial charge in [-0.1, -0.05) is 155 Å². The summed E-state index contributed by atoms with van der Waals surface area (Å²) in [4.78, 5) is 56.4. The van der Waals surface area contributed by atoms with Gasteiger partial charge in [0.05, 0.1) is 24.7 Å². The maximum absolute atomic E-state index is 13.1. The first-order valence-corrected chi connectivity index (χ1v) is 25.8. The molecule has 0 atom stereocenters. The van der Waals surface area contributed by atoms with Crippen LogP contribution in [-0.4, -0.2) is 85.9 Å². The van der Waals surface area contributed by atoms with Gasteiger partial charge in [0.2, 0.25) is 11.8 Å². The minimum Gasteiger partial charge on any atom is -0.426 e. The molecule has 0 aliphatic carbocycles. The number of rotatable bonds is 36. The third kappa shape index (κ3) is 24.5. The maximum atomic E-state index is 13.1. The molecule has 0 saturated carbocycles. The monoisotopic (exact) mass is 889 g/mol. The van der Waals surface area contributed by atoms with Crippen LogP contribution in [0.3, 0.4) is 0 Å². The van der Waals surface area contributed by atoms with Crippen molar-refractivity contribution in [1.29, 1.82) is 0 Å². The highest BCUT2D eigenvalue weighted by Gasteiger charge is 2.22. The van der Waals surface area contributed by atoms with E-state index in [9.17, 15) is 19.2 Å². The Morgan fingerprint density at radius 1 is 0.453 bits per heavy atom. The largest absolute Gasteiger partial charge is 0.426 e. The molecule has 0 bridgehead atoms. The smallest absolute Gasteiger partial charge is 0.314 e. The number of carbonyl (C=O) groups excluding carboxylic acids is 4. The molecule has 0 radical (unpaired) electrons. The molecular weight excluding hydrogens is 801 g/mol. The van der Waals surface area contributed by atoms with Crippen LogP contribution in [0.2, 0.25) is 0 Å². The van der Waals surface area contributed by atoms with E-state index in [1.54, 1.807) is 0 Å². The van der Waals surface area contributed by atoms with E-state index in [0.717, 1.165) is 140 Å². The van der Waals surface area contributed by atoms with Crippen molar-refractivity contribution in [2.75, 3.05) is 52.4 Å². The van der Waals surface area contributed by atoms with Gasteiger partial charge in [0.25, 0.3) is 0 Å². The highest BCUT2D eigenvalue weighted by molar-refractivity contribution is 5.79. The summed E-state index contributed by atoms with van der Waals surface area (Å²) >= 11 is 0. The first-order valence-electron chi connectivity index (χ1n) is 25.8. The van der Waals surface area contributed by atoms with Gasteiger partial charge in [-0.25, -0.2) is 0 Å².